The lowest BCUT2D eigenvalue weighted by Crippen LogP contribution is -2.41. The van der Waals surface area contributed by atoms with Gasteiger partial charge in [0.25, 0.3) is 0 Å². The third-order valence-electron chi connectivity index (χ3n) is 4.57. The zero-order valence-electron chi connectivity index (χ0n) is 13.2. The van der Waals surface area contributed by atoms with Crippen LogP contribution in [-0.4, -0.2) is 37.8 Å². The predicted molar refractivity (Wildman–Crippen MR) is 89.4 cm³/mol. The average molecular weight is 311 g/mol. The molecule has 2 atom stereocenters. The molecule has 5 nitrogen and oxygen atoms in total. The molecular weight excluding hydrogens is 290 g/mol. The molecule has 2 aliphatic heterocycles. The first kappa shape index (κ1) is 14.3. The Morgan fingerprint density at radius 3 is 2.91 bits per heavy atom. The van der Waals surface area contributed by atoms with Gasteiger partial charge in [0.2, 0.25) is 0 Å². The number of fused-ring (bicyclic) bond motifs is 2. The van der Waals surface area contributed by atoms with E-state index >= 15 is 0 Å². The Kier molecular flexibility index (Phi) is 3.79. The van der Waals surface area contributed by atoms with Gasteiger partial charge in [-0.15, -0.1) is 0 Å². The van der Waals surface area contributed by atoms with Gasteiger partial charge in [-0.1, -0.05) is 6.07 Å². The Labute approximate surface area is 136 Å². The SMILES string of the molecule is COc1cccc(Oc2cncc(N3CC4CNC(C4)C3)c2)c1. The van der Waals surface area contributed by atoms with Gasteiger partial charge in [-0.05, 0) is 24.5 Å². The average Bonchev–Trinajstić information content (AvgIpc) is 2.93. The molecule has 1 aromatic carbocycles. The van der Waals surface area contributed by atoms with Crippen LogP contribution in [-0.2, 0) is 0 Å². The van der Waals surface area contributed by atoms with Crippen LogP contribution in [0.5, 0.6) is 17.2 Å². The number of ether oxygens (including phenoxy) is 2. The molecule has 2 aromatic rings. The number of nitrogens with one attached hydrogen (secondary N) is 1. The molecule has 0 amide bonds. The summed E-state index contributed by atoms with van der Waals surface area (Å²) in [6.07, 6.45) is 4.97. The highest BCUT2D eigenvalue weighted by Gasteiger charge is 2.32. The number of hydrogen-bond donors (Lipinski definition) is 1. The lowest BCUT2D eigenvalue weighted by atomic mass is 10.00. The number of rotatable bonds is 4. The van der Waals surface area contributed by atoms with E-state index in [1.807, 2.05) is 30.5 Å². The van der Waals surface area contributed by atoms with Crippen LogP contribution >= 0.6 is 0 Å². The van der Waals surface area contributed by atoms with Gasteiger partial charge < -0.3 is 19.7 Å². The maximum Gasteiger partial charge on any atom is 0.147 e. The van der Waals surface area contributed by atoms with Gasteiger partial charge in [0, 0.05) is 37.8 Å². The maximum absolute atomic E-state index is 5.94. The maximum atomic E-state index is 5.94. The molecule has 0 radical (unpaired) electrons. The Hall–Kier alpha value is -2.27. The second-order valence-corrected chi connectivity index (χ2v) is 6.27. The first-order valence-electron chi connectivity index (χ1n) is 8.05. The van der Waals surface area contributed by atoms with Crippen molar-refractivity contribution in [3.63, 3.8) is 0 Å². The minimum Gasteiger partial charge on any atom is -0.497 e. The number of piperidine rings is 1. The van der Waals surface area contributed by atoms with Crippen molar-refractivity contribution in [3.05, 3.63) is 42.7 Å². The summed E-state index contributed by atoms with van der Waals surface area (Å²) in [6, 6.07) is 10.3. The number of nitrogens with zero attached hydrogens (tertiary/aromatic N) is 2. The Bertz CT molecular complexity index is 679. The third-order valence-corrected chi connectivity index (χ3v) is 4.57. The molecular formula is C18H21N3O2. The number of hydrogen-bond acceptors (Lipinski definition) is 5. The second-order valence-electron chi connectivity index (χ2n) is 6.27. The topological polar surface area (TPSA) is 46.6 Å². The van der Waals surface area contributed by atoms with Crippen LogP contribution in [0.15, 0.2) is 42.7 Å². The quantitative estimate of drug-likeness (QED) is 0.940. The summed E-state index contributed by atoms with van der Waals surface area (Å²) < 4.78 is 11.2. The zero-order chi connectivity index (χ0) is 15.6. The van der Waals surface area contributed by atoms with E-state index in [-0.39, 0.29) is 0 Å². The first-order valence-corrected chi connectivity index (χ1v) is 8.05. The molecule has 23 heavy (non-hydrogen) atoms. The smallest absolute Gasteiger partial charge is 0.147 e. The Balaban J connectivity index is 1.52. The second kappa shape index (κ2) is 6.08. The van der Waals surface area contributed by atoms with Crippen LogP contribution in [0.3, 0.4) is 0 Å². The number of benzene rings is 1. The number of aromatic nitrogens is 1. The van der Waals surface area contributed by atoms with Gasteiger partial charge in [-0.3, -0.25) is 4.98 Å². The summed E-state index contributed by atoms with van der Waals surface area (Å²) in [4.78, 5) is 6.76. The summed E-state index contributed by atoms with van der Waals surface area (Å²) >= 11 is 0. The fraction of sp³-hybridized carbons (Fsp3) is 0.389. The van der Waals surface area contributed by atoms with Crippen LogP contribution in [0, 0.1) is 5.92 Å². The molecule has 1 aromatic heterocycles. The van der Waals surface area contributed by atoms with Crippen molar-refractivity contribution in [1.82, 2.24) is 10.3 Å². The van der Waals surface area contributed by atoms with Crippen molar-refractivity contribution in [3.8, 4) is 17.2 Å². The van der Waals surface area contributed by atoms with E-state index in [0.717, 1.165) is 48.5 Å². The van der Waals surface area contributed by atoms with E-state index in [9.17, 15) is 0 Å². The summed E-state index contributed by atoms with van der Waals surface area (Å²) in [5.41, 5.74) is 1.13. The van der Waals surface area contributed by atoms with Crippen molar-refractivity contribution in [1.29, 1.82) is 0 Å². The predicted octanol–water partition coefficient (Wildman–Crippen LogP) is 2.68. The molecule has 2 fully saturated rings. The van der Waals surface area contributed by atoms with Crippen LogP contribution < -0.4 is 19.7 Å². The van der Waals surface area contributed by atoms with Crippen LogP contribution in [0.4, 0.5) is 5.69 Å². The molecule has 1 N–H and O–H groups in total. The van der Waals surface area contributed by atoms with Gasteiger partial charge in [-0.2, -0.15) is 0 Å². The number of anilines is 1. The van der Waals surface area contributed by atoms with Gasteiger partial charge in [0.15, 0.2) is 0 Å². The number of pyridine rings is 1. The van der Waals surface area contributed by atoms with Gasteiger partial charge in [-0.25, -0.2) is 0 Å². The molecule has 0 spiro atoms. The Morgan fingerprint density at radius 1 is 1.13 bits per heavy atom. The molecule has 2 unspecified atom stereocenters. The number of methoxy groups -OCH3 is 1. The van der Waals surface area contributed by atoms with Crippen molar-refractivity contribution in [2.24, 2.45) is 5.92 Å². The lowest BCUT2D eigenvalue weighted by molar-refractivity contribution is 0.409. The normalized spacial score (nSPS) is 22.9. The van der Waals surface area contributed by atoms with E-state index in [0.29, 0.717) is 6.04 Å². The van der Waals surface area contributed by atoms with Gasteiger partial charge in [0.05, 0.1) is 25.2 Å². The molecule has 5 heteroatoms. The third kappa shape index (κ3) is 3.10. The molecule has 2 saturated heterocycles. The van der Waals surface area contributed by atoms with Crippen molar-refractivity contribution >= 4 is 5.69 Å². The highest BCUT2D eigenvalue weighted by atomic mass is 16.5. The standard InChI is InChI=1S/C18H21N3O2/c1-22-16-3-2-4-17(7-16)23-18-6-15(9-19-10-18)21-11-13-5-14(12-21)20-8-13/h2-4,6-7,9-10,13-14,20H,5,8,11-12H2,1H3. The molecule has 0 saturated carbocycles. The molecule has 2 aliphatic rings. The Morgan fingerprint density at radius 2 is 2.04 bits per heavy atom. The molecule has 2 bridgehead atoms. The van der Waals surface area contributed by atoms with Gasteiger partial charge >= 0.3 is 0 Å². The van der Waals surface area contributed by atoms with Crippen LogP contribution in [0.1, 0.15) is 6.42 Å². The first-order chi connectivity index (χ1) is 11.3. The summed E-state index contributed by atoms with van der Waals surface area (Å²) in [6.45, 7) is 3.27. The van der Waals surface area contributed by atoms with Crippen LogP contribution in [0.2, 0.25) is 0 Å². The minimum absolute atomic E-state index is 0.608. The largest absolute Gasteiger partial charge is 0.497 e. The van der Waals surface area contributed by atoms with E-state index in [1.165, 1.54) is 6.42 Å². The van der Waals surface area contributed by atoms with E-state index in [1.54, 1.807) is 13.3 Å². The zero-order valence-corrected chi connectivity index (χ0v) is 13.2. The highest BCUT2D eigenvalue weighted by molar-refractivity contribution is 5.50. The summed E-state index contributed by atoms with van der Waals surface area (Å²) in [5, 5.41) is 3.58. The fourth-order valence-electron chi connectivity index (χ4n) is 3.48. The lowest BCUT2D eigenvalue weighted by Gasteiger charge is -2.32. The van der Waals surface area contributed by atoms with Crippen molar-refractivity contribution < 1.29 is 9.47 Å². The van der Waals surface area contributed by atoms with E-state index in [4.69, 9.17) is 9.47 Å². The molecule has 0 aliphatic carbocycles. The van der Waals surface area contributed by atoms with E-state index in [2.05, 4.69) is 21.3 Å². The monoisotopic (exact) mass is 311 g/mol. The molecule has 3 heterocycles. The minimum atomic E-state index is 0.608. The summed E-state index contributed by atoms with van der Waals surface area (Å²) in [5.74, 6) is 3.03. The molecule has 4 rings (SSSR count). The van der Waals surface area contributed by atoms with Crippen LogP contribution in [0.25, 0.3) is 0 Å². The van der Waals surface area contributed by atoms with Crippen molar-refractivity contribution in [2.75, 3.05) is 31.6 Å². The summed E-state index contributed by atoms with van der Waals surface area (Å²) in [7, 11) is 1.65. The highest BCUT2D eigenvalue weighted by Crippen LogP contribution is 2.30. The fourth-order valence-corrected chi connectivity index (χ4v) is 3.48. The van der Waals surface area contributed by atoms with E-state index < -0.39 is 0 Å². The van der Waals surface area contributed by atoms with Crippen molar-refractivity contribution in [2.45, 2.75) is 12.5 Å². The molecule has 120 valence electrons. The van der Waals surface area contributed by atoms with Gasteiger partial charge in [0.1, 0.15) is 17.2 Å².